The van der Waals surface area contributed by atoms with E-state index in [4.69, 9.17) is 9.84 Å². The van der Waals surface area contributed by atoms with Crippen molar-refractivity contribution in [3.63, 3.8) is 0 Å². The van der Waals surface area contributed by atoms with Crippen LogP contribution in [0.3, 0.4) is 0 Å². The van der Waals surface area contributed by atoms with Crippen LogP contribution in [0.1, 0.15) is 21.7 Å². The number of rotatable bonds is 6. The fourth-order valence-corrected chi connectivity index (χ4v) is 1.87. The van der Waals surface area contributed by atoms with Crippen molar-refractivity contribution in [3.8, 4) is 0 Å². The Labute approximate surface area is 119 Å². The Morgan fingerprint density at radius 2 is 2.05 bits per heavy atom. The Hall–Kier alpha value is -2.35. The molecule has 0 amide bonds. The van der Waals surface area contributed by atoms with Crippen LogP contribution in [0.25, 0.3) is 0 Å². The quantitative estimate of drug-likeness (QED) is 0.881. The van der Waals surface area contributed by atoms with Gasteiger partial charge in [-0.05, 0) is 0 Å². The molecule has 8 heteroatoms. The molecule has 112 valence electrons. The number of halogens is 2. The van der Waals surface area contributed by atoms with Gasteiger partial charge in [0.25, 0.3) is 5.92 Å². The summed E-state index contributed by atoms with van der Waals surface area (Å²) >= 11 is 0. The molecule has 0 bridgehead atoms. The lowest BCUT2D eigenvalue weighted by Crippen LogP contribution is -2.24. The van der Waals surface area contributed by atoms with Gasteiger partial charge in [0.05, 0.1) is 12.3 Å². The molecule has 0 fully saturated rings. The molecule has 6 nitrogen and oxygen atoms in total. The highest BCUT2D eigenvalue weighted by molar-refractivity contribution is 5.86. The second-order valence-electron chi connectivity index (χ2n) is 4.35. The van der Waals surface area contributed by atoms with E-state index in [1.54, 1.807) is 6.07 Å². The Bertz CT molecular complexity index is 629. The molecule has 0 saturated carbocycles. The second kappa shape index (κ2) is 5.96. The summed E-state index contributed by atoms with van der Waals surface area (Å²) in [5, 5.41) is 15.9. The van der Waals surface area contributed by atoms with Gasteiger partial charge in [0.2, 0.25) is 0 Å². The lowest BCUT2D eigenvalue weighted by Gasteiger charge is -2.17. The number of alkyl halides is 2. The zero-order valence-corrected chi connectivity index (χ0v) is 11.2. The average Bonchev–Trinajstić information content (AvgIpc) is 2.83. The summed E-state index contributed by atoms with van der Waals surface area (Å²) < 4.78 is 34.1. The van der Waals surface area contributed by atoms with Crippen molar-refractivity contribution in [2.75, 3.05) is 7.11 Å². The molecule has 1 aromatic carbocycles. The normalized spacial score (nSPS) is 11.6. The average molecular weight is 297 g/mol. The predicted molar refractivity (Wildman–Crippen MR) is 68.0 cm³/mol. The summed E-state index contributed by atoms with van der Waals surface area (Å²) in [5.41, 5.74) is -0.568. The molecule has 2 rings (SSSR count). The third kappa shape index (κ3) is 3.22. The fraction of sp³-hybridized carbons (Fsp3) is 0.308. The van der Waals surface area contributed by atoms with Gasteiger partial charge in [0.1, 0.15) is 6.54 Å². The van der Waals surface area contributed by atoms with Crippen LogP contribution in [0.2, 0.25) is 0 Å². The number of nitrogens with zero attached hydrogens (tertiary/aromatic N) is 3. The molecule has 2 aromatic rings. The van der Waals surface area contributed by atoms with E-state index in [1.165, 1.54) is 31.4 Å². The molecule has 0 atom stereocenters. The van der Waals surface area contributed by atoms with Crippen molar-refractivity contribution >= 4 is 5.97 Å². The van der Waals surface area contributed by atoms with Crippen molar-refractivity contribution in [1.29, 1.82) is 0 Å². The Morgan fingerprint density at radius 1 is 1.38 bits per heavy atom. The number of ether oxygens (including phenoxy) is 1. The molecule has 0 radical (unpaired) electrons. The van der Waals surface area contributed by atoms with Gasteiger partial charge in [0.15, 0.2) is 5.69 Å². The molecule has 0 aliphatic rings. The van der Waals surface area contributed by atoms with Crippen LogP contribution in [0.15, 0.2) is 30.3 Å². The second-order valence-corrected chi connectivity index (χ2v) is 4.35. The van der Waals surface area contributed by atoms with Crippen LogP contribution in [-0.4, -0.2) is 33.2 Å². The van der Waals surface area contributed by atoms with Crippen molar-refractivity contribution in [3.05, 3.63) is 47.3 Å². The monoisotopic (exact) mass is 297 g/mol. The summed E-state index contributed by atoms with van der Waals surface area (Å²) in [6.07, 6.45) is 0. The number of benzene rings is 1. The third-order valence-corrected chi connectivity index (χ3v) is 2.87. The van der Waals surface area contributed by atoms with E-state index in [1.807, 2.05) is 0 Å². The molecule has 0 spiro atoms. The van der Waals surface area contributed by atoms with Gasteiger partial charge in [-0.2, -0.15) is 8.78 Å². The number of hydrogen-bond acceptors (Lipinski definition) is 4. The summed E-state index contributed by atoms with van der Waals surface area (Å²) in [4.78, 5) is 11.0. The third-order valence-electron chi connectivity index (χ3n) is 2.87. The van der Waals surface area contributed by atoms with Crippen molar-refractivity contribution in [2.45, 2.75) is 19.1 Å². The minimum atomic E-state index is -3.20. The summed E-state index contributed by atoms with van der Waals surface area (Å²) in [7, 11) is 1.33. The first-order chi connectivity index (χ1) is 9.95. The SMILES string of the molecule is COCc1c(C(=O)O)nnn1CC(F)(F)c1ccccc1. The number of aromatic nitrogens is 3. The van der Waals surface area contributed by atoms with E-state index < -0.39 is 18.4 Å². The molecule has 0 unspecified atom stereocenters. The van der Waals surface area contributed by atoms with E-state index in [0.717, 1.165) is 4.68 Å². The van der Waals surface area contributed by atoms with Gasteiger partial charge >= 0.3 is 5.97 Å². The predicted octanol–water partition coefficient (Wildman–Crippen LogP) is 1.91. The van der Waals surface area contributed by atoms with Gasteiger partial charge in [-0.15, -0.1) is 5.10 Å². The highest BCUT2D eigenvalue weighted by atomic mass is 19.3. The minimum Gasteiger partial charge on any atom is -0.476 e. The van der Waals surface area contributed by atoms with Gasteiger partial charge in [-0.25, -0.2) is 9.48 Å². The van der Waals surface area contributed by atoms with E-state index >= 15 is 0 Å². The largest absolute Gasteiger partial charge is 0.476 e. The van der Waals surface area contributed by atoms with Crippen LogP contribution in [-0.2, 0) is 23.8 Å². The van der Waals surface area contributed by atoms with Crippen molar-refractivity contribution < 1.29 is 23.4 Å². The van der Waals surface area contributed by atoms with Crippen LogP contribution >= 0.6 is 0 Å². The van der Waals surface area contributed by atoms with Crippen LogP contribution in [0.5, 0.6) is 0 Å². The lowest BCUT2D eigenvalue weighted by molar-refractivity contribution is -0.0276. The standard InChI is InChI=1S/C13H13F2N3O3/c1-21-7-10-11(12(19)20)16-17-18(10)8-13(14,15)9-5-3-2-4-6-9/h2-6H,7-8H2,1H3,(H,19,20). The summed E-state index contributed by atoms with van der Waals surface area (Å²) in [6, 6.07) is 7.23. The van der Waals surface area contributed by atoms with Gasteiger partial charge in [0, 0.05) is 12.7 Å². The molecule has 1 N–H and O–H groups in total. The van der Waals surface area contributed by atoms with Gasteiger partial charge in [-0.1, -0.05) is 35.5 Å². The first-order valence-electron chi connectivity index (χ1n) is 6.03. The number of methoxy groups -OCH3 is 1. The first-order valence-corrected chi connectivity index (χ1v) is 6.03. The molecular weight excluding hydrogens is 284 g/mol. The molecular formula is C13H13F2N3O3. The van der Waals surface area contributed by atoms with E-state index in [-0.39, 0.29) is 23.6 Å². The van der Waals surface area contributed by atoms with Crippen molar-refractivity contribution in [2.24, 2.45) is 0 Å². The van der Waals surface area contributed by atoms with Gasteiger partial charge in [-0.3, -0.25) is 0 Å². The Kier molecular flexibility index (Phi) is 4.27. The number of carbonyl (C=O) groups is 1. The summed E-state index contributed by atoms with van der Waals surface area (Å²) in [5.74, 6) is -4.54. The molecule has 1 heterocycles. The van der Waals surface area contributed by atoms with E-state index in [9.17, 15) is 13.6 Å². The molecule has 0 saturated heterocycles. The van der Waals surface area contributed by atoms with Crippen LogP contribution < -0.4 is 0 Å². The van der Waals surface area contributed by atoms with Crippen LogP contribution in [0, 0.1) is 0 Å². The van der Waals surface area contributed by atoms with E-state index in [0.29, 0.717) is 0 Å². The number of aromatic carboxylic acids is 1. The highest BCUT2D eigenvalue weighted by Gasteiger charge is 2.34. The van der Waals surface area contributed by atoms with Gasteiger partial charge < -0.3 is 9.84 Å². The van der Waals surface area contributed by atoms with Crippen molar-refractivity contribution in [1.82, 2.24) is 15.0 Å². The topological polar surface area (TPSA) is 77.2 Å². The molecule has 0 aliphatic heterocycles. The molecule has 21 heavy (non-hydrogen) atoms. The summed E-state index contributed by atoms with van der Waals surface area (Å²) in [6.45, 7) is -0.977. The van der Waals surface area contributed by atoms with Crippen LogP contribution in [0.4, 0.5) is 8.78 Å². The maximum absolute atomic E-state index is 14.2. The Balaban J connectivity index is 2.33. The number of carboxylic acids is 1. The maximum atomic E-state index is 14.2. The number of carboxylic acid groups (broad SMARTS) is 1. The zero-order chi connectivity index (χ0) is 15.5. The molecule has 1 aromatic heterocycles. The minimum absolute atomic E-state index is 0.000561. The first kappa shape index (κ1) is 15.0. The molecule has 0 aliphatic carbocycles. The fourth-order valence-electron chi connectivity index (χ4n) is 1.87. The lowest BCUT2D eigenvalue weighted by atomic mass is 10.1. The zero-order valence-electron chi connectivity index (χ0n) is 11.2. The highest BCUT2D eigenvalue weighted by Crippen LogP contribution is 2.30. The number of hydrogen-bond donors (Lipinski definition) is 1. The van der Waals surface area contributed by atoms with E-state index in [2.05, 4.69) is 10.3 Å². The Morgan fingerprint density at radius 3 is 2.62 bits per heavy atom. The maximum Gasteiger partial charge on any atom is 0.358 e. The smallest absolute Gasteiger partial charge is 0.358 e.